The van der Waals surface area contributed by atoms with Crippen LogP contribution in [0.2, 0.25) is 0 Å². The van der Waals surface area contributed by atoms with Gasteiger partial charge >= 0.3 is 5.97 Å². The first kappa shape index (κ1) is 10.5. The Morgan fingerprint density at radius 3 is 2.62 bits per heavy atom. The molecule has 0 aliphatic heterocycles. The van der Waals surface area contributed by atoms with Crippen LogP contribution in [-0.4, -0.2) is 36.9 Å². The maximum Gasteiger partial charge on any atom is 0.308 e. The Morgan fingerprint density at radius 2 is 2.23 bits per heavy atom. The van der Waals surface area contributed by atoms with Crippen LogP contribution in [0.3, 0.4) is 0 Å². The number of carbonyl (C=O) groups excluding carboxylic acids is 1. The number of ether oxygens (including phenoxy) is 1. The molecule has 0 amide bonds. The lowest BCUT2D eigenvalue weighted by Gasteiger charge is -2.45. The van der Waals surface area contributed by atoms with Gasteiger partial charge in [0.1, 0.15) is 0 Å². The van der Waals surface area contributed by atoms with E-state index in [1.54, 1.807) is 7.05 Å². The first-order chi connectivity index (χ1) is 6.03. The molecule has 1 rings (SSSR count). The number of hydrogen-bond acceptors (Lipinski definition) is 4. The SMILES string of the molecule is CNC(C)C1(O)CC(C(=O)OC)C1. The van der Waals surface area contributed by atoms with Crippen LogP contribution >= 0.6 is 0 Å². The van der Waals surface area contributed by atoms with Crippen LogP contribution in [0.5, 0.6) is 0 Å². The number of likely N-dealkylation sites (N-methyl/N-ethyl adjacent to an activating group) is 1. The maximum atomic E-state index is 11.0. The van der Waals surface area contributed by atoms with Crippen LogP contribution in [0, 0.1) is 5.92 Å². The second-order valence-electron chi connectivity index (χ2n) is 3.74. The summed E-state index contributed by atoms with van der Waals surface area (Å²) >= 11 is 0. The van der Waals surface area contributed by atoms with Gasteiger partial charge in [-0.15, -0.1) is 0 Å². The zero-order valence-corrected chi connectivity index (χ0v) is 8.33. The lowest BCUT2D eigenvalue weighted by atomic mass is 9.67. The molecule has 2 N–H and O–H groups in total. The lowest BCUT2D eigenvalue weighted by molar-refractivity contribution is -0.164. The van der Waals surface area contributed by atoms with Crippen molar-refractivity contribution in [3.63, 3.8) is 0 Å². The van der Waals surface area contributed by atoms with Gasteiger partial charge in [0.2, 0.25) is 0 Å². The summed E-state index contributed by atoms with van der Waals surface area (Å²) in [6.45, 7) is 1.91. The van der Waals surface area contributed by atoms with E-state index >= 15 is 0 Å². The molecule has 1 aliphatic carbocycles. The monoisotopic (exact) mass is 187 g/mol. The molecule has 76 valence electrons. The van der Waals surface area contributed by atoms with Crippen molar-refractivity contribution in [2.75, 3.05) is 14.2 Å². The summed E-state index contributed by atoms with van der Waals surface area (Å²) in [6.07, 6.45) is 1.00. The summed E-state index contributed by atoms with van der Waals surface area (Å²) in [4.78, 5) is 11.0. The molecular formula is C9H17NO3. The summed E-state index contributed by atoms with van der Waals surface area (Å²) in [7, 11) is 3.18. The predicted molar refractivity (Wildman–Crippen MR) is 48.2 cm³/mol. The molecule has 1 unspecified atom stereocenters. The average Bonchev–Trinajstić information content (AvgIpc) is 2.10. The van der Waals surface area contributed by atoms with E-state index in [9.17, 15) is 9.90 Å². The third kappa shape index (κ3) is 1.84. The van der Waals surface area contributed by atoms with Crippen molar-refractivity contribution in [2.45, 2.75) is 31.4 Å². The van der Waals surface area contributed by atoms with Crippen LogP contribution in [0.4, 0.5) is 0 Å². The maximum absolute atomic E-state index is 11.0. The Hall–Kier alpha value is -0.610. The van der Waals surface area contributed by atoms with E-state index in [2.05, 4.69) is 10.1 Å². The van der Waals surface area contributed by atoms with Crippen molar-refractivity contribution in [1.29, 1.82) is 0 Å². The van der Waals surface area contributed by atoms with Crippen LogP contribution in [0.15, 0.2) is 0 Å². The molecule has 4 heteroatoms. The number of carbonyl (C=O) groups is 1. The van der Waals surface area contributed by atoms with Crippen molar-refractivity contribution >= 4 is 5.97 Å². The Morgan fingerprint density at radius 1 is 1.69 bits per heavy atom. The average molecular weight is 187 g/mol. The lowest BCUT2D eigenvalue weighted by Crippen LogP contribution is -2.58. The summed E-state index contributed by atoms with van der Waals surface area (Å²) in [5, 5.41) is 12.9. The third-order valence-corrected chi connectivity index (χ3v) is 2.97. The Labute approximate surface area is 78.3 Å². The van der Waals surface area contributed by atoms with Gasteiger partial charge in [-0.2, -0.15) is 0 Å². The Bertz CT molecular complexity index is 199. The van der Waals surface area contributed by atoms with Gasteiger partial charge in [0, 0.05) is 6.04 Å². The van der Waals surface area contributed by atoms with Crippen molar-refractivity contribution in [2.24, 2.45) is 5.92 Å². The molecule has 0 spiro atoms. The fourth-order valence-corrected chi connectivity index (χ4v) is 1.75. The van der Waals surface area contributed by atoms with Crippen molar-refractivity contribution in [3.05, 3.63) is 0 Å². The van der Waals surface area contributed by atoms with Gasteiger partial charge in [-0.3, -0.25) is 4.79 Å². The molecule has 4 nitrogen and oxygen atoms in total. The molecule has 1 saturated carbocycles. The van der Waals surface area contributed by atoms with E-state index in [4.69, 9.17) is 0 Å². The van der Waals surface area contributed by atoms with Crippen molar-refractivity contribution in [1.82, 2.24) is 5.32 Å². The molecule has 0 aromatic rings. The van der Waals surface area contributed by atoms with Gasteiger partial charge in [0.15, 0.2) is 0 Å². The summed E-state index contributed by atoms with van der Waals surface area (Å²) in [5.41, 5.74) is -0.729. The number of aliphatic hydroxyl groups is 1. The first-order valence-electron chi connectivity index (χ1n) is 4.51. The van der Waals surface area contributed by atoms with E-state index in [0.717, 1.165) is 0 Å². The van der Waals surface area contributed by atoms with E-state index in [0.29, 0.717) is 12.8 Å². The second kappa shape index (κ2) is 3.64. The quantitative estimate of drug-likeness (QED) is 0.606. The van der Waals surface area contributed by atoms with Gasteiger partial charge in [-0.05, 0) is 26.8 Å². The zero-order chi connectivity index (χ0) is 10.1. The van der Waals surface area contributed by atoms with Gasteiger partial charge in [0.25, 0.3) is 0 Å². The minimum atomic E-state index is -0.729. The Kier molecular flexibility index (Phi) is 2.93. The highest BCUT2D eigenvalue weighted by atomic mass is 16.5. The van der Waals surface area contributed by atoms with E-state index in [1.807, 2.05) is 6.92 Å². The molecule has 0 heterocycles. The molecule has 0 radical (unpaired) electrons. The number of rotatable bonds is 3. The van der Waals surface area contributed by atoms with E-state index in [-0.39, 0.29) is 17.9 Å². The van der Waals surface area contributed by atoms with Crippen LogP contribution in [-0.2, 0) is 9.53 Å². The highest BCUT2D eigenvalue weighted by Crippen LogP contribution is 2.40. The smallest absolute Gasteiger partial charge is 0.308 e. The van der Waals surface area contributed by atoms with Crippen LogP contribution in [0.25, 0.3) is 0 Å². The van der Waals surface area contributed by atoms with Crippen LogP contribution < -0.4 is 5.32 Å². The predicted octanol–water partition coefficient (Wildman–Crippen LogP) is -0.0916. The van der Waals surface area contributed by atoms with Gasteiger partial charge in [0.05, 0.1) is 18.6 Å². The highest BCUT2D eigenvalue weighted by Gasteiger charge is 2.49. The minimum Gasteiger partial charge on any atom is -0.469 e. The minimum absolute atomic E-state index is 0.0217. The fourth-order valence-electron chi connectivity index (χ4n) is 1.75. The van der Waals surface area contributed by atoms with Crippen molar-refractivity contribution in [3.8, 4) is 0 Å². The molecule has 1 atom stereocenters. The highest BCUT2D eigenvalue weighted by molar-refractivity contribution is 5.73. The molecule has 0 aromatic heterocycles. The Balaban J connectivity index is 2.42. The standard InChI is InChI=1S/C9H17NO3/c1-6(10-2)9(12)4-7(5-9)8(11)13-3/h6-7,10,12H,4-5H2,1-3H3. The zero-order valence-electron chi connectivity index (χ0n) is 8.33. The molecule has 1 aliphatic rings. The molecule has 0 aromatic carbocycles. The largest absolute Gasteiger partial charge is 0.469 e. The molecule has 1 fully saturated rings. The third-order valence-electron chi connectivity index (χ3n) is 2.97. The van der Waals surface area contributed by atoms with Gasteiger partial charge in [-0.1, -0.05) is 0 Å². The summed E-state index contributed by atoms with van der Waals surface area (Å²) in [6, 6.07) is 0.0217. The number of hydrogen-bond donors (Lipinski definition) is 2. The topological polar surface area (TPSA) is 58.6 Å². The number of esters is 1. The molecule has 13 heavy (non-hydrogen) atoms. The first-order valence-corrected chi connectivity index (χ1v) is 4.51. The van der Waals surface area contributed by atoms with E-state index in [1.165, 1.54) is 7.11 Å². The second-order valence-corrected chi connectivity index (χ2v) is 3.74. The van der Waals surface area contributed by atoms with Gasteiger partial charge in [-0.25, -0.2) is 0 Å². The molecule has 0 saturated heterocycles. The fraction of sp³-hybridized carbons (Fsp3) is 0.889. The van der Waals surface area contributed by atoms with Gasteiger partial charge < -0.3 is 15.2 Å². The van der Waals surface area contributed by atoms with Crippen LogP contribution in [0.1, 0.15) is 19.8 Å². The number of methoxy groups -OCH3 is 1. The summed E-state index contributed by atoms with van der Waals surface area (Å²) < 4.78 is 4.59. The summed E-state index contributed by atoms with van der Waals surface area (Å²) in [5.74, 6) is -0.334. The normalized spacial score (nSPS) is 34.9. The van der Waals surface area contributed by atoms with E-state index < -0.39 is 5.60 Å². The van der Waals surface area contributed by atoms with Crippen molar-refractivity contribution < 1.29 is 14.6 Å². The molecule has 0 bridgehead atoms. The number of nitrogens with one attached hydrogen (secondary N) is 1. The molecular weight excluding hydrogens is 170 g/mol.